The van der Waals surface area contributed by atoms with Crippen LogP contribution in [0.25, 0.3) is 22.5 Å². The smallest absolute Gasteiger partial charge is 0.237 e. The van der Waals surface area contributed by atoms with Crippen molar-refractivity contribution < 1.29 is 9.53 Å². The molecule has 0 spiro atoms. The first-order valence-corrected chi connectivity index (χ1v) is 13.2. The molecule has 4 aromatic carbocycles. The molecule has 0 saturated heterocycles. The molecule has 0 aliphatic carbocycles. The Bertz CT molecular complexity index is 1480. The summed E-state index contributed by atoms with van der Waals surface area (Å²) in [6, 6.07) is 36.7. The predicted octanol–water partition coefficient (Wildman–Crippen LogP) is 7.51. The largest absolute Gasteiger partial charge is 0.457 e. The second-order valence-corrected chi connectivity index (χ2v) is 9.64. The van der Waals surface area contributed by atoms with Crippen molar-refractivity contribution in [3.8, 4) is 34.0 Å². The molecule has 5 rings (SSSR count). The minimum Gasteiger partial charge on any atom is -0.457 e. The minimum atomic E-state index is -0.386. The van der Waals surface area contributed by atoms with Gasteiger partial charge in [0.15, 0.2) is 0 Å². The Morgan fingerprint density at radius 2 is 1.29 bits per heavy atom. The van der Waals surface area contributed by atoms with Gasteiger partial charge >= 0.3 is 0 Å². The average Bonchev–Trinajstić information content (AvgIpc) is 2.98. The van der Waals surface area contributed by atoms with E-state index in [1.165, 1.54) is 11.8 Å². The number of amides is 1. The molecule has 1 heterocycles. The third kappa shape index (κ3) is 6.25. The van der Waals surface area contributed by atoms with E-state index in [2.05, 4.69) is 15.5 Å². The van der Waals surface area contributed by atoms with Crippen LogP contribution in [0.5, 0.6) is 11.5 Å². The van der Waals surface area contributed by atoms with Crippen LogP contribution >= 0.6 is 11.8 Å². The zero-order valence-corrected chi connectivity index (χ0v) is 21.6. The van der Waals surface area contributed by atoms with Crippen molar-refractivity contribution in [2.24, 2.45) is 0 Å². The maximum absolute atomic E-state index is 13.1. The van der Waals surface area contributed by atoms with E-state index in [0.717, 1.165) is 22.6 Å². The number of benzene rings is 4. The Morgan fingerprint density at radius 1 is 0.737 bits per heavy atom. The maximum Gasteiger partial charge on any atom is 0.237 e. The number of carbonyl (C=O) groups excluding carboxylic acids is 1. The molecule has 1 unspecified atom stereocenters. The number of ether oxygens (including phenoxy) is 1. The highest BCUT2D eigenvalue weighted by atomic mass is 32.2. The molecule has 1 N–H and O–H groups in total. The zero-order valence-electron chi connectivity index (χ0n) is 20.8. The third-order valence-electron chi connectivity index (χ3n) is 5.77. The lowest BCUT2D eigenvalue weighted by atomic mass is 10.0. The van der Waals surface area contributed by atoms with Crippen molar-refractivity contribution in [3.05, 3.63) is 115 Å². The lowest BCUT2D eigenvalue weighted by Crippen LogP contribution is -2.25. The van der Waals surface area contributed by atoms with Gasteiger partial charge < -0.3 is 10.1 Å². The maximum atomic E-state index is 13.1. The minimum absolute atomic E-state index is 0.119. The Labute approximate surface area is 226 Å². The molecule has 188 valence electrons. The molecule has 5 aromatic rings. The fourth-order valence-electron chi connectivity index (χ4n) is 3.85. The summed E-state index contributed by atoms with van der Waals surface area (Å²) < 4.78 is 5.83. The summed E-state index contributed by atoms with van der Waals surface area (Å²) in [6.45, 7) is 1.97. The van der Waals surface area contributed by atoms with E-state index >= 15 is 0 Å². The number of hydrogen-bond acceptors (Lipinski definition) is 6. The van der Waals surface area contributed by atoms with E-state index in [9.17, 15) is 4.79 Å². The number of para-hydroxylation sites is 1. The van der Waals surface area contributed by atoms with Gasteiger partial charge in [-0.3, -0.25) is 4.79 Å². The lowest BCUT2D eigenvalue weighted by molar-refractivity contribution is -0.115. The normalized spacial score (nSPS) is 11.5. The molecule has 0 radical (unpaired) electrons. The van der Waals surface area contributed by atoms with Crippen molar-refractivity contribution in [2.75, 3.05) is 5.32 Å². The summed E-state index contributed by atoms with van der Waals surface area (Å²) in [4.78, 5) is 18.0. The molecular weight excluding hydrogens is 492 g/mol. The van der Waals surface area contributed by atoms with Gasteiger partial charge in [0.2, 0.25) is 11.1 Å². The highest BCUT2D eigenvalue weighted by Gasteiger charge is 2.22. The van der Waals surface area contributed by atoms with Gasteiger partial charge in [-0.2, -0.15) is 0 Å². The van der Waals surface area contributed by atoms with Crippen LogP contribution in [-0.4, -0.2) is 26.3 Å². The molecule has 0 bridgehead atoms. The van der Waals surface area contributed by atoms with Crippen LogP contribution in [0.4, 0.5) is 5.69 Å². The van der Waals surface area contributed by atoms with Gasteiger partial charge in [0, 0.05) is 16.8 Å². The molecular formula is C31H26N4O2S. The number of anilines is 1. The summed E-state index contributed by atoms with van der Waals surface area (Å²) in [5.41, 5.74) is 4.01. The van der Waals surface area contributed by atoms with E-state index in [1.54, 1.807) is 0 Å². The van der Waals surface area contributed by atoms with Crippen molar-refractivity contribution in [1.29, 1.82) is 0 Å². The zero-order chi connectivity index (χ0) is 26.2. The molecule has 6 nitrogen and oxygen atoms in total. The molecule has 1 atom stereocenters. The summed E-state index contributed by atoms with van der Waals surface area (Å²) in [5, 5.41) is 12.0. The summed E-state index contributed by atoms with van der Waals surface area (Å²) in [6.07, 6.45) is 0.607. The SMILES string of the molecule is CCC(Sc1nnc(-c2ccccc2)c(-c2ccccc2)n1)C(=O)Nc1ccc(Oc2ccccc2)cc1. The molecule has 0 saturated carbocycles. The summed E-state index contributed by atoms with van der Waals surface area (Å²) >= 11 is 1.31. The fraction of sp³-hybridized carbons (Fsp3) is 0.0968. The number of aromatic nitrogens is 3. The molecule has 0 aliphatic heterocycles. The first kappa shape index (κ1) is 25.2. The van der Waals surface area contributed by atoms with Gasteiger partial charge in [0.05, 0.1) is 5.25 Å². The monoisotopic (exact) mass is 518 g/mol. The summed E-state index contributed by atoms with van der Waals surface area (Å²) in [7, 11) is 0. The van der Waals surface area contributed by atoms with E-state index in [1.807, 2.05) is 122 Å². The van der Waals surface area contributed by atoms with Crippen LogP contribution < -0.4 is 10.1 Å². The number of nitrogens with zero attached hydrogens (tertiary/aromatic N) is 3. The van der Waals surface area contributed by atoms with Crippen molar-refractivity contribution in [2.45, 2.75) is 23.8 Å². The Kier molecular flexibility index (Phi) is 8.06. The Morgan fingerprint density at radius 3 is 1.89 bits per heavy atom. The van der Waals surface area contributed by atoms with Gasteiger partial charge in [-0.25, -0.2) is 4.98 Å². The average molecular weight is 519 g/mol. The molecule has 0 aliphatic rings. The molecule has 7 heteroatoms. The number of nitrogens with one attached hydrogen (secondary N) is 1. The van der Waals surface area contributed by atoms with E-state index in [4.69, 9.17) is 9.72 Å². The van der Waals surface area contributed by atoms with Crippen LogP contribution in [0, 0.1) is 0 Å². The van der Waals surface area contributed by atoms with Gasteiger partial charge in [0.1, 0.15) is 22.9 Å². The van der Waals surface area contributed by atoms with E-state index < -0.39 is 0 Å². The van der Waals surface area contributed by atoms with Crippen molar-refractivity contribution >= 4 is 23.4 Å². The summed E-state index contributed by atoms with van der Waals surface area (Å²) in [5.74, 6) is 1.33. The van der Waals surface area contributed by atoms with Crippen LogP contribution in [-0.2, 0) is 4.79 Å². The topological polar surface area (TPSA) is 77.0 Å². The van der Waals surface area contributed by atoms with Crippen LogP contribution in [0.15, 0.2) is 120 Å². The lowest BCUT2D eigenvalue weighted by Gasteiger charge is -2.15. The highest BCUT2D eigenvalue weighted by Crippen LogP contribution is 2.31. The van der Waals surface area contributed by atoms with Gasteiger partial charge in [-0.05, 0) is 42.8 Å². The first-order valence-electron chi connectivity index (χ1n) is 12.4. The number of carbonyl (C=O) groups is 1. The molecule has 38 heavy (non-hydrogen) atoms. The molecule has 1 amide bonds. The molecule has 1 aromatic heterocycles. The van der Waals surface area contributed by atoms with E-state index in [-0.39, 0.29) is 11.2 Å². The van der Waals surface area contributed by atoms with Gasteiger partial charge in [-0.15, -0.1) is 10.2 Å². The second-order valence-electron chi connectivity index (χ2n) is 8.47. The number of thioether (sulfide) groups is 1. The Hall–Kier alpha value is -4.49. The van der Waals surface area contributed by atoms with Crippen molar-refractivity contribution in [3.63, 3.8) is 0 Å². The van der Waals surface area contributed by atoms with Gasteiger partial charge in [-0.1, -0.05) is 97.5 Å². The first-order chi connectivity index (χ1) is 18.7. The fourth-order valence-corrected chi connectivity index (χ4v) is 4.67. The quantitative estimate of drug-likeness (QED) is 0.204. The standard InChI is InChI=1S/C31H26N4O2S/c1-2-27(30(36)32-24-18-20-26(21-19-24)37-25-16-10-5-11-17-25)38-31-33-28(22-12-6-3-7-13-22)29(34-35-31)23-14-8-4-9-15-23/h3-21,27H,2H2,1H3,(H,32,36). The number of rotatable bonds is 9. The predicted molar refractivity (Wildman–Crippen MR) is 152 cm³/mol. The molecule has 0 fully saturated rings. The van der Waals surface area contributed by atoms with Crippen molar-refractivity contribution in [1.82, 2.24) is 15.2 Å². The van der Waals surface area contributed by atoms with Crippen LogP contribution in [0.3, 0.4) is 0 Å². The number of hydrogen-bond donors (Lipinski definition) is 1. The van der Waals surface area contributed by atoms with Gasteiger partial charge in [0.25, 0.3) is 0 Å². The Balaban J connectivity index is 1.31. The highest BCUT2D eigenvalue weighted by molar-refractivity contribution is 8.00. The third-order valence-corrected chi connectivity index (χ3v) is 6.99. The van der Waals surface area contributed by atoms with Crippen LogP contribution in [0.2, 0.25) is 0 Å². The second kappa shape index (κ2) is 12.2. The van der Waals surface area contributed by atoms with E-state index in [0.29, 0.717) is 28.7 Å². The van der Waals surface area contributed by atoms with Crippen LogP contribution in [0.1, 0.15) is 13.3 Å².